The Balaban J connectivity index is 1.49. The van der Waals surface area contributed by atoms with E-state index in [0.29, 0.717) is 35.7 Å². The second kappa shape index (κ2) is 10.8. The molecule has 8 nitrogen and oxygen atoms in total. The number of rotatable bonds is 9. The van der Waals surface area contributed by atoms with Crippen molar-refractivity contribution >= 4 is 34.8 Å². The van der Waals surface area contributed by atoms with Crippen LogP contribution in [0.2, 0.25) is 0 Å². The summed E-state index contributed by atoms with van der Waals surface area (Å²) < 4.78 is 5.19. The molecular formula is C24H26N4O4. The molecule has 0 aliphatic rings. The molecule has 3 aromatic rings. The number of hydrogen-bond donors (Lipinski definition) is 4. The van der Waals surface area contributed by atoms with Gasteiger partial charge in [-0.25, -0.2) is 0 Å². The van der Waals surface area contributed by atoms with E-state index in [1.165, 1.54) is 0 Å². The van der Waals surface area contributed by atoms with Crippen molar-refractivity contribution in [1.82, 2.24) is 5.32 Å². The summed E-state index contributed by atoms with van der Waals surface area (Å²) in [4.78, 5) is 36.1. The fourth-order valence-electron chi connectivity index (χ4n) is 2.88. The number of hydrogen-bond acceptors (Lipinski definition) is 5. The molecule has 1 aromatic heterocycles. The van der Waals surface area contributed by atoms with E-state index in [1.807, 2.05) is 19.1 Å². The molecule has 2 aromatic carbocycles. The largest absolute Gasteiger partial charge is 0.467 e. The Morgan fingerprint density at radius 2 is 1.66 bits per heavy atom. The zero-order valence-electron chi connectivity index (χ0n) is 18.0. The summed E-state index contributed by atoms with van der Waals surface area (Å²) in [5.74, 6) is 0.135. The van der Waals surface area contributed by atoms with Crippen molar-refractivity contribution in [2.24, 2.45) is 0 Å². The van der Waals surface area contributed by atoms with Gasteiger partial charge in [0.15, 0.2) is 0 Å². The van der Waals surface area contributed by atoms with Crippen molar-refractivity contribution in [2.45, 2.75) is 26.8 Å². The quantitative estimate of drug-likeness (QED) is 0.408. The fourth-order valence-corrected chi connectivity index (χ4v) is 2.88. The molecule has 3 amide bonds. The number of nitrogens with one attached hydrogen (secondary N) is 4. The van der Waals surface area contributed by atoms with Crippen LogP contribution in [0.1, 0.15) is 35.0 Å². The third kappa shape index (κ3) is 6.46. The maximum Gasteiger partial charge on any atom is 0.251 e. The number of carbonyl (C=O) groups excluding carboxylic acids is 3. The van der Waals surface area contributed by atoms with E-state index in [4.69, 9.17) is 4.42 Å². The Labute approximate surface area is 186 Å². The molecule has 0 fully saturated rings. The number of carbonyl (C=O) groups is 3. The molecule has 0 spiro atoms. The molecule has 0 atom stereocenters. The van der Waals surface area contributed by atoms with Crippen LogP contribution in [0.5, 0.6) is 0 Å². The highest BCUT2D eigenvalue weighted by atomic mass is 16.3. The third-order valence-corrected chi connectivity index (χ3v) is 4.72. The molecule has 166 valence electrons. The molecule has 0 radical (unpaired) electrons. The van der Waals surface area contributed by atoms with Crippen molar-refractivity contribution in [1.29, 1.82) is 0 Å². The van der Waals surface area contributed by atoms with Crippen LogP contribution in [0, 0.1) is 6.92 Å². The van der Waals surface area contributed by atoms with Crippen LogP contribution in [0.15, 0.2) is 65.3 Å². The van der Waals surface area contributed by atoms with Gasteiger partial charge in [-0.2, -0.15) is 0 Å². The van der Waals surface area contributed by atoms with Crippen LogP contribution in [0.4, 0.5) is 17.1 Å². The predicted octanol–water partition coefficient (Wildman–Crippen LogP) is 3.92. The smallest absolute Gasteiger partial charge is 0.251 e. The molecule has 3 rings (SSSR count). The van der Waals surface area contributed by atoms with E-state index in [2.05, 4.69) is 21.3 Å². The monoisotopic (exact) mass is 434 g/mol. The summed E-state index contributed by atoms with van der Waals surface area (Å²) in [6, 6.07) is 15.7. The highest BCUT2D eigenvalue weighted by Gasteiger charge is 2.09. The Bertz CT molecular complexity index is 1080. The first-order valence-corrected chi connectivity index (χ1v) is 10.3. The van der Waals surface area contributed by atoms with Gasteiger partial charge in [0.25, 0.3) is 5.91 Å². The van der Waals surface area contributed by atoms with Crippen LogP contribution in [-0.4, -0.2) is 24.3 Å². The van der Waals surface area contributed by atoms with E-state index < -0.39 is 0 Å². The van der Waals surface area contributed by atoms with Crippen LogP contribution >= 0.6 is 0 Å². The Morgan fingerprint density at radius 3 is 2.34 bits per heavy atom. The van der Waals surface area contributed by atoms with E-state index in [1.54, 1.807) is 55.7 Å². The van der Waals surface area contributed by atoms with Gasteiger partial charge in [0, 0.05) is 29.0 Å². The third-order valence-electron chi connectivity index (χ3n) is 4.72. The summed E-state index contributed by atoms with van der Waals surface area (Å²) in [7, 11) is 0. The zero-order valence-corrected chi connectivity index (χ0v) is 18.0. The lowest BCUT2D eigenvalue weighted by Crippen LogP contribution is -2.23. The molecule has 0 aliphatic carbocycles. The molecule has 1 heterocycles. The van der Waals surface area contributed by atoms with Gasteiger partial charge in [-0.3, -0.25) is 14.4 Å². The second-order valence-corrected chi connectivity index (χ2v) is 7.17. The van der Waals surface area contributed by atoms with E-state index in [0.717, 1.165) is 11.3 Å². The molecule has 0 aliphatic heterocycles. The first kappa shape index (κ1) is 22.6. The summed E-state index contributed by atoms with van der Waals surface area (Å²) in [6.07, 6.45) is 1.94. The summed E-state index contributed by atoms with van der Waals surface area (Å²) >= 11 is 0. The molecule has 0 saturated heterocycles. The van der Waals surface area contributed by atoms with Gasteiger partial charge >= 0.3 is 0 Å². The summed E-state index contributed by atoms with van der Waals surface area (Å²) in [6.45, 7) is 4.05. The maximum atomic E-state index is 12.3. The lowest BCUT2D eigenvalue weighted by Gasteiger charge is -2.12. The van der Waals surface area contributed by atoms with Gasteiger partial charge in [-0.05, 0) is 61.0 Å². The van der Waals surface area contributed by atoms with Gasteiger partial charge in [0.05, 0.1) is 19.4 Å². The number of benzene rings is 2. The van der Waals surface area contributed by atoms with Crippen LogP contribution in [-0.2, 0) is 16.1 Å². The lowest BCUT2D eigenvalue weighted by atomic mass is 10.1. The second-order valence-electron chi connectivity index (χ2n) is 7.17. The molecular weight excluding hydrogens is 408 g/mol. The van der Waals surface area contributed by atoms with E-state index in [9.17, 15) is 14.4 Å². The van der Waals surface area contributed by atoms with Crippen molar-refractivity contribution in [3.8, 4) is 0 Å². The average Bonchev–Trinajstić information content (AvgIpc) is 3.32. The Kier molecular flexibility index (Phi) is 7.64. The van der Waals surface area contributed by atoms with Gasteiger partial charge in [0.2, 0.25) is 11.8 Å². The van der Waals surface area contributed by atoms with Crippen molar-refractivity contribution < 1.29 is 18.8 Å². The van der Waals surface area contributed by atoms with E-state index >= 15 is 0 Å². The number of anilines is 3. The highest BCUT2D eigenvalue weighted by molar-refractivity contribution is 5.97. The molecule has 8 heteroatoms. The number of amides is 3. The maximum absolute atomic E-state index is 12.3. The topological polar surface area (TPSA) is 112 Å². The van der Waals surface area contributed by atoms with Crippen molar-refractivity contribution in [2.75, 3.05) is 22.5 Å². The minimum atomic E-state index is -0.236. The van der Waals surface area contributed by atoms with Crippen LogP contribution in [0.3, 0.4) is 0 Å². The Morgan fingerprint density at radius 1 is 0.906 bits per heavy atom. The molecule has 0 bridgehead atoms. The van der Waals surface area contributed by atoms with Gasteiger partial charge in [0.1, 0.15) is 5.76 Å². The average molecular weight is 434 g/mol. The molecule has 0 saturated carbocycles. The molecule has 0 unspecified atom stereocenters. The molecule has 32 heavy (non-hydrogen) atoms. The summed E-state index contributed by atoms with van der Waals surface area (Å²) in [5, 5.41) is 11.4. The normalized spacial score (nSPS) is 10.3. The van der Waals surface area contributed by atoms with E-state index in [-0.39, 0.29) is 24.3 Å². The minimum absolute atomic E-state index is 0.0512. The highest BCUT2D eigenvalue weighted by Crippen LogP contribution is 2.20. The number of aryl methyl sites for hydroxylation is 1. The summed E-state index contributed by atoms with van der Waals surface area (Å²) in [5.41, 5.74) is 3.44. The Hall–Kier alpha value is -4.07. The SMILES string of the molecule is CCC(=O)Nc1cc(NCC(=O)Nc2ccc(C(=O)NCc3ccco3)cc2)ccc1C. The minimum Gasteiger partial charge on any atom is -0.467 e. The van der Waals surface area contributed by atoms with Crippen molar-refractivity contribution in [3.63, 3.8) is 0 Å². The van der Waals surface area contributed by atoms with Crippen LogP contribution < -0.4 is 21.3 Å². The standard InChI is InChI=1S/C24H26N4O4/c1-3-22(29)28-21-13-19(9-6-16(21)2)25-15-23(30)27-18-10-7-17(8-11-18)24(31)26-14-20-5-4-12-32-20/h4-13,25H,3,14-15H2,1-2H3,(H,26,31)(H,27,30)(H,28,29). The predicted molar refractivity (Wildman–Crippen MR) is 124 cm³/mol. The van der Waals surface area contributed by atoms with Crippen molar-refractivity contribution in [3.05, 3.63) is 77.7 Å². The van der Waals surface area contributed by atoms with Gasteiger partial charge < -0.3 is 25.7 Å². The zero-order chi connectivity index (χ0) is 22.9. The number of furan rings is 1. The fraction of sp³-hybridized carbons (Fsp3) is 0.208. The first-order valence-electron chi connectivity index (χ1n) is 10.3. The lowest BCUT2D eigenvalue weighted by molar-refractivity contribution is -0.116. The van der Waals surface area contributed by atoms with Gasteiger partial charge in [-0.1, -0.05) is 13.0 Å². The molecule has 4 N–H and O–H groups in total. The van der Waals surface area contributed by atoms with Crippen LogP contribution in [0.25, 0.3) is 0 Å². The van der Waals surface area contributed by atoms with Gasteiger partial charge in [-0.15, -0.1) is 0 Å². The first-order chi connectivity index (χ1) is 15.4.